The van der Waals surface area contributed by atoms with E-state index in [1.165, 1.54) is 4.57 Å². The Labute approximate surface area is 127 Å². The van der Waals surface area contributed by atoms with Gasteiger partial charge in [-0.25, -0.2) is 9.79 Å². The molecule has 2 aliphatic heterocycles. The predicted octanol–water partition coefficient (Wildman–Crippen LogP) is -0.360. The minimum Gasteiger partial charge on any atom is -0.394 e. The van der Waals surface area contributed by atoms with Crippen LogP contribution in [0.15, 0.2) is 22.1 Å². The first-order valence-electron chi connectivity index (χ1n) is 7.49. The Morgan fingerprint density at radius 2 is 2.23 bits per heavy atom. The van der Waals surface area contributed by atoms with Crippen molar-refractivity contribution < 1.29 is 14.9 Å². The summed E-state index contributed by atoms with van der Waals surface area (Å²) in [5, 5.41) is 18.8. The van der Waals surface area contributed by atoms with E-state index in [-0.39, 0.29) is 13.0 Å². The summed E-state index contributed by atoms with van der Waals surface area (Å²) >= 11 is 0. The number of nitrogens with zero attached hydrogens (tertiary/aromatic N) is 4. The van der Waals surface area contributed by atoms with Crippen LogP contribution < -0.4 is 5.69 Å². The van der Waals surface area contributed by atoms with Gasteiger partial charge >= 0.3 is 5.69 Å². The van der Waals surface area contributed by atoms with Crippen LogP contribution in [0.2, 0.25) is 0 Å². The Morgan fingerprint density at radius 1 is 1.45 bits per heavy atom. The topological polar surface area (TPSA) is 100 Å². The van der Waals surface area contributed by atoms with Gasteiger partial charge in [-0.3, -0.25) is 4.57 Å². The molecule has 3 rings (SSSR count). The van der Waals surface area contributed by atoms with Crippen LogP contribution in [-0.2, 0) is 4.74 Å². The van der Waals surface area contributed by atoms with Crippen molar-refractivity contribution in [1.29, 1.82) is 0 Å². The maximum Gasteiger partial charge on any atom is 0.351 e. The third-order valence-electron chi connectivity index (χ3n) is 4.00. The predicted molar refractivity (Wildman–Crippen MR) is 79.1 cm³/mol. The summed E-state index contributed by atoms with van der Waals surface area (Å²) in [5.41, 5.74) is -0.480. The van der Waals surface area contributed by atoms with Gasteiger partial charge in [-0.2, -0.15) is 4.98 Å². The number of likely N-dealkylation sites (tertiary alicyclic amines) is 1. The average Bonchev–Trinajstić information content (AvgIpc) is 3.14. The lowest BCUT2D eigenvalue weighted by Crippen LogP contribution is -2.27. The molecule has 0 saturated carbocycles. The van der Waals surface area contributed by atoms with Gasteiger partial charge in [0.25, 0.3) is 0 Å². The molecule has 120 valence electrons. The SMILES string of the molecule is O=c1nc(N=CN2CCCC2)ccn1[C@H]1C[C@H](O)[C@@H](CO)O1. The molecular weight excluding hydrogens is 288 g/mol. The number of hydrogen-bond acceptors (Lipinski definition) is 6. The van der Waals surface area contributed by atoms with E-state index in [1.54, 1.807) is 18.6 Å². The Morgan fingerprint density at radius 3 is 2.86 bits per heavy atom. The molecule has 3 heterocycles. The third-order valence-corrected chi connectivity index (χ3v) is 4.00. The summed E-state index contributed by atoms with van der Waals surface area (Å²) in [6, 6.07) is 1.63. The molecule has 0 spiro atoms. The number of hydrogen-bond donors (Lipinski definition) is 2. The number of rotatable bonds is 4. The van der Waals surface area contributed by atoms with Crippen molar-refractivity contribution >= 4 is 12.2 Å². The Balaban J connectivity index is 1.71. The fourth-order valence-corrected chi connectivity index (χ4v) is 2.74. The first-order chi connectivity index (χ1) is 10.7. The minimum absolute atomic E-state index is 0.253. The molecule has 1 aromatic rings. The zero-order chi connectivity index (χ0) is 15.5. The summed E-state index contributed by atoms with van der Waals surface area (Å²) in [4.78, 5) is 22.3. The molecule has 8 heteroatoms. The van der Waals surface area contributed by atoms with Gasteiger partial charge in [-0.1, -0.05) is 0 Å². The van der Waals surface area contributed by atoms with Crippen molar-refractivity contribution in [2.75, 3.05) is 19.7 Å². The summed E-state index contributed by atoms with van der Waals surface area (Å²) in [5.74, 6) is 0.352. The number of ether oxygens (including phenoxy) is 1. The quantitative estimate of drug-likeness (QED) is 0.582. The fourth-order valence-electron chi connectivity index (χ4n) is 2.74. The second kappa shape index (κ2) is 6.55. The van der Waals surface area contributed by atoms with Gasteiger partial charge in [0.05, 0.1) is 19.0 Å². The smallest absolute Gasteiger partial charge is 0.351 e. The van der Waals surface area contributed by atoms with E-state index in [2.05, 4.69) is 14.9 Å². The highest BCUT2D eigenvalue weighted by Gasteiger charge is 2.34. The lowest BCUT2D eigenvalue weighted by atomic mass is 10.2. The monoisotopic (exact) mass is 308 g/mol. The molecule has 8 nitrogen and oxygen atoms in total. The summed E-state index contributed by atoms with van der Waals surface area (Å²) in [7, 11) is 0. The molecule has 0 bridgehead atoms. The van der Waals surface area contributed by atoms with Crippen LogP contribution in [0, 0.1) is 0 Å². The zero-order valence-electron chi connectivity index (χ0n) is 12.2. The van der Waals surface area contributed by atoms with Crippen molar-refractivity contribution in [2.45, 2.75) is 37.7 Å². The molecule has 0 aromatic carbocycles. The normalized spacial score (nSPS) is 28.8. The Bertz CT molecular complexity index is 597. The molecule has 0 aliphatic carbocycles. The van der Waals surface area contributed by atoms with Crippen molar-refractivity contribution in [3.05, 3.63) is 22.7 Å². The number of aromatic nitrogens is 2. The van der Waals surface area contributed by atoms with Crippen molar-refractivity contribution in [2.24, 2.45) is 4.99 Å². The van der Waals surface area contributed by atoms with E-state index >= 15 is 0 Å². The molecule has 3 atom stereocenters. The average molecular weight is 308 g/mol. The summed E-state index contributed by atoms with van der Waals surface area (Å²) in [6.07, 6.45) is 3.80. The highest BCUT2D eigenvalue weighted by Crippen LogP contribution is 2.27. The molecular formula is C14H20N4O4. The molecule has 22 heavy (non-hydrogen) atoms. The highest BCUT2D eigenvalue weighted by molar-refractivity contribution is 5.59. The van der Waals surface area contributed by atoms with Crippen molar-refractivity contribution in [3.63, 3.8) is 0 Å². The van der Waals surface area contributed by atoms with E-state index in [0.717, 1.165) is 25.9 Å². The van der Waals surface area contributed by atoms with Crippen LogP contribution in [0.3, 0.4) is 0 Å². The maximum atomic E-state index is 12.1. The lowest BCUT2D eigenvalue weighted by Gasteiger charge is -2.14. The first-order valence-corrected chi connectivity index (χ1v) is 7.49. The third kappa shape index (κ3) is 3.18. The van der Waals surface area contributed by atoms with E-state index < -0.39 is 24.1 Å². The summed E-state index contributed by atoms with van der Waals surface area (Å²) < 4.78 is 6.76. The van der Waals surface area contributed by atoms with Crippen molar-refractivity contribution in [3.8, 4) is 0 Å². The number of aliphatic hydroxyl groups excluding tert-OH is 2. The van der Waals surface area contributed by atoms with E-state index in [4.69, 9.17) is 9.84 Å². The Kier molecular flexibility index (Phi) is 4.51. The van der Waals surface area contributed by atoms with Gasteiger partial charge in [-0.15, -0.1) is 0 Å². The molecule has 0 amide bonds. The molecule has 2 N–H and O–H groups in total. The van der Waals surface area contributed by atoms with Crippen LogP contribution in [0.1, 0.15) is 25.5 Å². The highest BCUT2D eigenvalue weighted by atomic mass is 16.5. The van der Waals surface area contributed by atoms with E-state index in [1.807, 2.05) is 0 Å². The lowest BCUT2D eigenvalue weighted by molar-refractivity contribution is -0.0458. The van der Waals surface area contributed by atoms with Gasteiger partial charge in [0.2, 0.25) is 0 Å². The Hall–Kier alpha value is -1.77. The maximum absolute atomic E-state index is 12.1. The second-order valence-electron chi connectivity index (χ2n) is 5.58. The zero-order valence-corrected chi connectivity index (χ0v) is 12.2. The van der Waals surface area contributed by atoms with Crippen LogP contribution in [0.25, 0.3) is 0 Å². The van der Waals surface area contributed by atoms with Crippen LogP contribution >= 0.6 is 0 Å². The van der Waals surface area contributed by atoms with Crippen LogP contribution in [0.4, 0.5) is 5.82 Å². The van der Waals surface area contributed by atoms with Gasteiger partial charge in [0, 0.05) is 25.7 Å². The van der Waals surface area contributed by atoms with Crippen LogP contribution in [-0.4, -0.2) is 62.9 Å². The minimum atomic E-state index is -0.783. The van der Waals surface area contributed by atoms with E-state index in [9.17, 15) is 9.90 Å². The molecule has 0 radical (unpaired) electrons. The molecule has 0 unspecified atom stereocenters. The molecule has 2 aliphatic rings. The first kappa shape index (κ1) is 15.1. The number of aliphatic hydroxyl groups is 2. The molecule has 1 aromatic heterocycles. The largest absolute Gasteiger partial charge is 0.394 e. The van der Waals surface area contributed by atoms with Crippen molar-refractivity contribution in [1.82, 2.24) is 14.5 Å². The fraction of sp³-hybridized carbons (Fsp3) is 0.643. The van der Waals surface area contributed by atoms with Gasteiger partial charge in [0.1, 0.15) is 12.3 Å². The summed E-state index contributed by atoms with van der Waals surface area (Å²) in [6.45, 7) is 1.69. The van der Waals surface area contributed by atoms with E-state index in [0.29, 0.717) is 5.82 Å². The second-order valence-corrected chi connectivity index (χ2v) is 5.58. The standard InChI is InChI=1S/C14H20N4O4/c19-8-11-10(20)7-13(22-11)18-6-3-12(16-14(18)21)15-9-17-4-1-2-5-17/h3,6,9-11,13,19-20H,1-2,4-5,7-8H2/t10-,11+,13+/m0/s1. The van der Waals surface area contributed by atoms with Gasteiger partial charge < -0.3 is 19.8 Å². The molecule has 2 fully saturated rings. The van der Waals surface area contributed by atoms with Gasteiger partial charge in [-0.05, 0) is 18.9 Å². The van der Waals surface area contributed by atoms with Gasteiger partial charge in [0.15, 0.2) is 5.82 Å². The number of aliphatic imine (C=N–C) groups is 1. The van der Waals surface area contributed by atoms with Crippen LogP contribution in [0.5, 0.6) is 0 Å². The molecule has 2 saturated heterocycles.